The summed E-state index contributed by atoms with van der Waals surface area (Å²) in [7, 11) is -16.7. The van der Waals surface area contributed by atoms with Gasteiger partial charge >= 0.3 is 244 Å². The van der Waals surface area contributed by atoms with Gasteiger partial charge in [0.15, 0.2) is 11.5 Å². The number of nitrogens with zero attached hydrogens (tertiary/aromatic N) is 8. The van der Waals surface area contributed by atoms with E-state index in [0.29, 0.717) is 0 Å². The van der Waals surface area contributed by atoms with Gasteiger partial charge in [-0.2, -0.15) is 0 Å². The number of ether oxygens (including phenoxy) is 2. The van der Waals surface area contributed by atoms with Crippen molar-refractivity contribution in [3.05, 3.63) is 25.3 Å². The van der Waals surface area contributed by atoms with E-state index in [-0.39, 0.29) is 34.0 Å². The number of phosphoric acid groups is 1. The third kappa shape index (κ3) is 8.78. The van der Waals surface area contributed by atoms with Gasteiger partial charge in [-0.1, -0.05) is 0 Å². The van der Waals surface area contributed by atoms with Crippen molar-refractivity contribution in [2.45, 2.75) is 49.1 Å². The van der Waals surface area contributed by atoms with Crippen LogP contribution >= 0.6 is 29.6 Å². The zero-order chi connectivity index (χ0) is 38.7. The summed E-state index contributed by atoms with van der Waals surface area (Å²) < 4.78 is 69.7. The Balaban J connectivity index is 1.01. The maximum absolute atomic E-state index is 12.8. The van der Waals surface area contributed by atoms with Crippen LogP contribution in [-0.2, 0) is 40.8 Å². The summed E-state index contributed by atoms with van der Waals surface area (Å²) in [6.07, 6.45) is -7.65. The summed E-state index contributed by atoms with van der Waals surface area (Å²) in [5.74, 6) is -1.78. The van der Waals surface area contributed by atoms with Gasteiger partial charge in [0, 0.05) is 0 Å². The van der Waals surface area contributed by atoms with Gasteiger partial charge in [-0.05, 0) is 0 Å². The van der Waals surface area contributed by atoms with E-state index in [4.69, 9.17) is 30.0 Å². The fourth-order valence-electron chi connectivity index (χ4n) is 5.28. The number of aliphatic hydroxyl groups is 4. The van der Waals surface area contributed by atoms with Gasteiger partial charge in [0.2, 0.25) is 0 Å². The number of rotatable bonds is 14. The molecule has 0 aliphatic carbocycles. The molecule has 2 fully saturated rings. The fourth-order valence-corrected chi connectivity index (χ4v) is 13.6. The van der Waals surface area contributed by atoms with E-state index in [9.17, 15) is 53.7 Å². The average Bonchev–Trinajstić information content (AvgIpc) is 3.80. The normalized spacial score (nSPS) is 31.0. The summed E-state index contributed by atoms with van der Waals surface area (Å²) in [4.78, 5) is 66.9. The van der Waals surface area contributed by atoms with Crippen LogP contribution in [0, 0.1) is 0 Å². The number of hydrogen-bond donors (Lipinski definition) is 9. The Morgan fingerprint density at radius 2 is 1.25 bits per heavy atom. The molecule has 32 heteroatoms. The second kappa shape index (κ2) is 15.0. The minimum atomic E-state index is -5.85. The molecule has 6 rings (SSSR count). The van der Waals surface area contributed by atoms with Gasteiger partial charge in [0.1, 0.15) is 11.8 Å². The minimum absolute atomic E-state index is 0.0144. The first-order valence-electron chi connectivity index (χ1n) is 14.6. The van der Waals surface area contributed by atoms with Gasteiger partial charge in [-0.25, -0.2) is 15.0 Å². The molecule has 0 aromatic carbocycles. The molecule has 6 heterocycles. The number of anilines is 2. The molecule has 292 valence electrons. The Kier molecular flexibility index (Phi) is 11.5. The van der Waals surface area contributed by atoms with Crippen molar-refractivity contribution in [3.8, 4) is 0 Å². The van der Waals surface area contributed by atoms with Crippen molar-refractivity contribution in [2.24, 2.45) is 0 Å². The molecule has 4 unspecified atom stereocenters. The van der Waals surface area contributed by atoms with E-state index in [1.807, 2.05) is 15.6 Å². The van der Waals surface area contributed by atoms with E-state index in [1.165, 1.54) is 21.8 Å². The monoisotopic (exact) mass is 897 g/mol. The predicted molar refractivity (Wildman–Crippen MR) is 172 cm³/mol. The molecule has 2 aliphatic rings. The molecule has 11 N–H and O–H groups in total. The van der Waals surface area contributed by atoms with Crippen molar-refractivity contribution in [3.63, 3.8) is 0 Å². The molecule has 0 bridgehead atoms. The van der Waals surface area contributed by atoms with Gasteiger partial charge in [0.25, 0.3) is 0 Å². The number of fused-ring (bicyclic) bond motifs is 2. The summed E-state index contributed by atoms with van der Waals surface area (Å²) in [5, 5.41) is 42.1. The Morgan fingerprint density at radius 3 is 1.74 bits per heavy atom. The second-order valence-corrected chi connectivity index (χ2v) is 21.5. The number of aliphatic hydroxyl groups excluding tert-OH is 4. The molecular weight excluding hydrogens is 867 g/mol. The zero-order valence-electron chi connectivity index (χ0n) is 26.2. The molecule has 12 atom stereocenters. The summed E-state index contributed by atoms with van der Waals surface area (Å²) in [6, 6.07) is 0. The van der Waals surface area contributed by atoms with Gasteiger partial charge in [-0.15, -0.1) is 0 Å². The van der Waals surface area contributed by atoms with Gasteiger partial charge in [0.05, 0.1) is 6.33 Å². The third-order valence-corrected chi connectivity index (χ3v) is 16.9. The molecule has 4 aromatic rings. The van der Waals surface area contributed by atoms with Crippen molar-refractivity contribution >= 4 is 79.2 Å². The fraction of sp³-hybridized carbons (Fsp3) is 0.524. The van der Waals surface area contributed by atoms with E-state index >= 15 is 0 Å². The Morgan fingerprint density at radius 1 is 0.774 bits per heavy atom. The standard InChI is InChI=1S/C21H30N10O17P4Se/c22-16-10-18(26-3-24-16)30(5-28-10)20-14(34)12(32)8(45-20)1-43-49(36,37)7-50(38,39)47-51(40,41)48-52(42,53)44-2-9-13(33)15(35)21(46-9)31-6-29-11-17(23)25-4-27-19(11)31/h3-6,8-9,12-15,20-21,32-35H,1-2,7H2,(H,36,37)(H,38,39)(H,40,41)(H,42,53)(H2,22,24,26)(H2,23,25,27)/p-1/t8-,9-,12-,13-,14-,15-,20-,21-,52?/m1/s1. The smallest absolute Gasteiger partial charge is 0.386 e. The number of nitrogens with two attached hydrogens (primary N) is 2. The van der Waals surface area contributed by atoms with Crippen molar-refractivity contribution < 1.29 is 80.8 Å². The van der Waals surface area contributed by atoms with Crippen LogP contribution in [0.4, 0.5) is 11.6 Å². The zero-order valence-corrected chi connectivity index (χ0v) is 31.5. The number of imidazole rings is 2. The van der Waals surface area contributed by atoms with Crippen molar-refractivity contribution in [2.75, 3.05) is 30.6 Å². The van der Waals surface area contributed by atoms with Crippen molar-refractivity contribution in [1.29, 1.82) is 0 Å². The van der Waals surface area contributed by atoms with Crippen LogP contribution in [-0.4, -0.2) is 145 Å². The molecular formula is C21H29N10O17P4Se-. The number of hydrogen-bond acceptors (Lipinski definition) is 22. The molecule has 0 radical (unpaired) electrons. The molecule has 27 nitrogen and oxygen atoms in total. The van der Waals surface area contributed by atoms with Crippen LogP contribution in [0.1, 0.15) is 12.5 Å². The summed E-state index contributed by atoms with van der Waals surface area (Å²) >= 11 is 1.82. The van der Waals surface area contributed by atoms with Crippen LogP contribution in [0.15, 0.2) is 25.3 Å². The van der Waals surface area contributed by atoms with Crippen LogP contribution in [0.25, 0.3) is 22.3 Å². The third-order valence-electron chi connectivity index (χ3n) is 7.63. The Hall–Kier alpha value is -2.22. The predicted octanol–water partition coefficient (Wildman–Crippen LogP) is -3.23. The summed E-state index contributed by atoms with van der Waals surface area (Å²) in [6.45, 7) is -6.64. The quantitative estimate of drug-likeness (QED) is 0.0444. The van der Waals surface area contributed by atoms with Crippen molar-refractivity contribution in [1.82, 2.24) is 39.0 Å². The van der Waals surface area contributed by atoms with Crippen LogP contribution in [0.5, 0.6) is 0 Å². The van der Waals surface area contributed by atoms with E-state index in [0.717, 1.165) is 12.7 Å². The molecule has 2 aliphatic heterocycles. The van der Waals surface area contributed by atoms with E-state index < -0.39 is 97.8 Å². The second-order valence-electron chi connectivity index (χ2n) is 11.3. The molecule has 53 heavy (non-hydrogen) atoms. The van der Waals surface area contributed by atoms with Gasteiger partial charge < -0.3 is 10.8 Å². The van der Waals surface area contributed by atoms with E-state index in [2.05, 4.69) is 38.5 Å². The Labute approximate surface area is 303 Å². The minimum Gasteiger partial charge on any atom is -0.386 e. The van der Waals surface area contributed by atoms with E-state index in [1.54, 1.807) is 0 Å². The van der Waals surface area contributed by atoms with Crippen LogP contribution in [0.3, 0.4) is 0 Å². The first-order valence-corrected chi connectivity index (χ1v) is 23.3. The molecule has 0 spiro atoms. The molecule has 4 aromatic heterocycles. The summed E-state index contributed by atoms with van der Waals surface area (Å²) in [5.41, 5.74) is 12.1. The Bertz CT molecular complexity index is 2130. The molecule has 2 saturated heterocycles. The first kappa shape index (κ1) is 40.4. The van der Waals surface area contributed by atoms with Gasteiger partial charge in [-0.3, -0.25) is 4.57 Å². The number of aromatic nitrogens is 8. The topological polar surface area (TPSA) is 410 Å². The molecule has 0 amide bonds. The van der Waals surface area contributed by atoms with Crippen LogP contribution in [0.2, 0.25) is 0 Å². The maximum atomic E-state index is 12.8. The number of nitrogen functional groups attached to an aromatic ring is 2. The SMILES string of the molecule is Nc1ncnc2c1ncn2[C@@H]1O[C@H](COP(=O)(O)CP(=O)(O)OP(=O)(O)O[P+]([O-])([Se-])OC[C@H]2O[C@@H](n3cnc4c(N)ncnc43)[C@H](O)[C@@H]2O)[C@@H](O)[C@H]1O. The molecule has 0 saturated carbocycles. The van der Waals surface area contributed by atoms with Crippen LogP contribution < -0.4 is 16.4 Å². The average molecular weight is 896 g/mol. The first-order chi connectivity index (χ1) is 24.7.